The van der Waals surface area contributed by atoms with Crippen LogP contribution in [-0.2, 0) is 11.2 Å². The zero-order valence-corrected chi connectivity index (χ0v) is 11.9. The molecular formula is C16H21N3O2. The summed E-state index contributed by atoms with van der Waals surface area (Å²) >= 11 is 0. The first-order chi connectivity index (χ1) is 10.3. The predicted molar refractivity (Wildman–Crippen MR) is 82.0 cm³/mol. The summed E-state index contributed by atoms with van der Waals surface area (Å²) in [5.41, 5.74) is 2.19. The Morgan fingerprint density at radius 3 is 3.05 bits per heavy atom. The SMILES string of the molecule is O=C(NC(CO)Cc1c[nH]c2ccccc12)C1CCCN1. The van der Waals surface area contributed by atoms with Gasteiger partial charge in [-0.25, -0.2) is 0 Å². The highest BCUT2D eigenvalue weighted by atomic mass is 16.3. The summed E-state index contributed by atoms with van der Waals surface area (Å²) in [5, 5.41) is 16.8. The predicted octanol–water partition coefficient (Wildman–Crippen LogP) is 0.939. The average molecular weight is 287 g/mol. The van der Waals surface area contributed by atoms with Gasteiger partial charge in [0.25, 0.3) is 0 Å². The third-order valence-electron chi connectivity index (χ3n) is 4.08. The molecule has 1 aliphatic heterocycles. The fourth-order valence-electron chi connectivity index (χ4n) is 2.94. The van der Waals surface area contributed by atoms with Gasteiger partial charge in [0.05, 0.1) is 18.7 Å². The van der Waals surface area contributed by atoms with E-state index in [1.807, 2.05) is 24.4 Å². The highest BCUT2D eigenvalue weighted by Gasteiger charge is 2.24. The number of benzene rings is 1. The number of aromatic amines is 1. The van der Waals surface area contributed by atoms with Gasteiger partial charge in [0.2, 0.25) is 5.91 Å². The molecule has 21 heavy (non-hydrogen) atoms. The fraction of sp³-hybridized carbons (Fsp3) is 0.438. The molecule has 2 heterocycles. The summed E-state index contributed by atoms with van der Waals surface area (Å²) in [6, 6.07) is 7.69. The third-order valence-corrected chi connectivity index (χ3v) is 4.08. The largest absolute Gasteiger partial charge is 0.394 e. The van der Waals surface area contributed by atoms with E-state index in [0.717, 1.165) is 35.9 Å². The van der Waals surface area contributed by atoms with E-state index in [0.29, 0.717) is 6.42 Å². The molecule has 1 aromatic heterocycles. The van der Waals surface area contributed by atoms with Crippen LogP contribution in [0.1, 0.15) is 18.4 Å². The number of aliphatic hydroxyl groups is 1. The van der Waals surface area contributed by atoms with Gasteiger partial charge in [-0.05, 0) is 37.4 Å². The van der Waals surface area contributed by atoms with Crippen LogP contribution in [0.3, 0.4) is 0 Å². The number of carbonyl (C=O) groups excluding carboxylic acids is 1. The van der Waals surface area contributed by atoms with E-state index in [-0.39, 0.29) is 24.6 Å². The molecule has 0 bridgehead atoms. The molecule has 5 nitrogen and oxygen atoms in total. The number of carbonyl (C=O) groups is 1. The highest BCUT2D eigenvalue weighted by molar-refractivity contribution is 5.84. The lowest BCUT2D eigenvalue weighted by Gasteiger charge is -2.19. The molecule has 1 aromatic carbocycles. The lowest BCUT2D eigenvalue weighted by molar-refractivity contribution is -0.123. The Kier molecular flexibility index (Phi) is 4.22. The van der Waals surface area contributed by atoms with Crippen molar-refractivity contribution in [2.45, 2.75) is 31.3 Å². The minimum absolute atomic E-state index is 0.00797. The number of amides is 1. The maximum atomic E-state index is 12.1. The van der Waals surface area contributed by atoms with Crippen LogP contribution < -0.4 is 10.6 Å². The monoisotopic (exact) mass is 287 g/mol. The Morgan fingerprint density at radius 1 is 1.43 bits per heavy atom. The number of aliphatic hydroxyl groups excluding tert-OH is 1. The molecule has 3 rings (SSSR count). The van der Waals surface area contributed by atoms with Gasteiger partial charge < -0.3 is 20.7 Å². The van der Waals surface area contributed by atoms with Gasteiger partial charge in [0, 0.05) is 17.1 Å². The molecule has 0 aliphatic carbocycles. The molecule has 5 heteroatoms. The summed E-state index contributed by atoms with van der Waals surface area (Å²) in [5.74, 6) is -0.00797. The van der Waals surface area contributed by atoms with Gasteiger partial charge in [0.1, 0.15) is 0 Å². The Hall–Kier alpha value is -1.85. The van der Waals surface area contributed by atoms with Crippen LogP contribution in [-0.4, -0.2) is 41.2 Å². The van der Waals surface area contributed by atoms with Crippen LogP contribution in [0.4, 0.5) is 0 Å². The van der Waals surface area contributed by atoms with E-state index in [1.165, 1.54) is 0 Å². The number of hydrogen-bond acceptors (Lipinski definition) is 3. The van der Waals surface area contributed by atoms with Crippen LogP contribution in [0.5, 0.6) is 0 Å². The smallest absolute Gasteiger partial charge is 0.237 e. The van der Waals surface area contributed by atoms with Crippen molar-refractivity contribution in [3.8, 4) is 0 Å². The number of fused-ring (bicyclic) bond motifs is 1. The van der Waals surface area contributed by atoms with E-state index in [2.05, 4.69) is 21.7 Å². The highest BCUT2D eigenvalue weighted by Crippen LogP contribution is 2.19. The first-order valence-electron chi connectivity index (χ1n) is 7.47. The summed E-state index contributed by atoms with van der Waals surface area (Å²) in [4.78, 5) is 15.3. The number of para-hydroxylation sites is 1. The van der Waals surface area contributed by atoms with Gasteiger partial charge in [-0.2, -0.15) is 0 Å². The van der Waals surface area contributed by atoms with Crippen molar-refractivity contribution in [2.75, 3.05) is 13.2 Å². The molecular weight excluding hydrogens is 266 g/mol. The molecule has 1 aliphatic rings. The maximum Gasteiger partial charge on any atom is 0.237 e. The lowest BCUT2D eigenvalue weighted by Crippen LogP contribution is -2.47. The molecule has 4 N–H and O–H groups in total. The van der Waals surface area contributed by atoms with Crippen molar-refractivity contribution in [2.24, 2.45) is 0 Å². The number of aromatic nitrogens is 1. The second-order valence-electron chi connectivity index (χ2n) is 5.60. The number of rotatable bonds is 5. The van der Waals surface area contributed by atoms with Crippen LogP contribution in [0.25, 0.3) is 10.9 Å². The van der Waals surface area contributed by atoms with Crippen molar-refractivity contribution in [3.63, 3.8) is 0 Å². The second kappa shape index (κ2) is 6.28. The van der Waals surface area contributed by atoms with Crippen molar-refractivity contribution in [3.05, 3.63) is 36.0 Å². The molecule has 2 aromatic rings. The Balaban J connectivity index is 1.67. The zero-order chi connectivity index (χ0) is 14.7. The van der Waals surface area contributed by atoms with Crippen molar-refractivity contribution in [1.82, 2.24) is 15.6 Å². The van der Waals surface area contributed by atoms with Crippen molar-refractivity contribution < 1.29 is 9.90 Å². The average Bonchev–Trinajstić information content (AvgIpc) is 3.16. The third kappa shape index (κ3) is 3.09. The van der Waals surface area contributed by atoms with Gasteiger partial charge in [-0.1, -0.05) is 18.2 Å². The van der Waals surface area contributed by atoms with E-state index < -0.39 is 0 Å². The molecule has 0 radical (unpaired) electrons. The van der Waals surface area contributed by atoms with Crippen LogP contribution in [0.2, 0.25) is 0 Å². The van der Waals surface area contributed by atoms with Gasteiger partial charge in [0.15, 0.2) is 0 Å². The normalized spacial score (nSPS) is 19.8. The lowest BCUT2D eigenvalue weighted by atomic mass is 10.0. The summed E-state index contributed by atoms with van der Waals surface area (Å²) < 4.78 is 0. The van der Waals surface area contributed by atoms with Crippen molar-refractivity contribution in [1.29, 1.82) is 0 Å². The number of H-pyrrole nitrogens is 1. The molecule has 1 saturated heterocycles. The minimum Gasteiger partial charge on any atom is -0.394 e. The molecule has 1 amide bonds. The number of hydrogen-bond donors (Lipinski definition) is 4. The van der Waals surface area contributed by atoms with Crippen LogP contribution >= 0.6 is 0 Å². The van der Waals surface area contributed by atoms with Gasteiger partial charge in [-0.3, -0.25) is 4.79 Å². The topological polar surface area (TPSA) is 77.2 Å². The second-order valence-corrected chi connectivity index (χ2v) is 5.60. The van der Waals surface area contributed by atoms with E-state index >= 15 is 0 Å². The first kappa shape index (κ1) is 14.1. The summed E-state index contributed by atoms with van der Waals surface area (Å²) in [6.45, 7) is 0.836. The molecule has 112 valence electrons. The Morgan fingerprint density at radius 2 is 2.29 bits per heavy atom. The maximum absolute atomic E-state index is 12.1. The molecule has 0 saturated carbocycles. The molecule has 1 fully saturated rings. The minimum atomic E-state index is -0.251. The first-order valence-corrected chi connectivity index (χ1v) is 7.47. The van der Waals surface area contributed by atoms with Crippen molar-refractivity contribution >= 4 is 16.8 Å². The molecule has 0 spiro atoms. The van der Waals surface area contributed by atoms with E-state index in [4.69, 9.17) is 0 Å². The number of nitrogens with one attached hydrogen (secondary N) is 3. The van der Waals surface area contributed by atoms with E-state index in [1.54, 1.807) is 0 Å². The Bertz CT molecular complexity index is 617. The van der Waals surface area contributed by atoms with Crippen LogP contribution in [0, 0.1) is 0 Å². The van der Waals surface area contributed by atoms with Gasteiger partial charge >= 0.3 is 0 Å². The Labute approximate surface area is 123 Å². The quantitative estimate of drug-likeness (QED) is 0.661. The fourth-order valence-corrected chi connectivity index (χ4v) is 2.94. The summed E-state index contributed by atoms with van der Waals surface area (Å²) in [7, 11) is 0. The van der Waals surface area contributed by atoms with Gasteiger partial charge in [-0.15, -0.1) is 0 Å². The molecule has 2 atom stereocenters. The standard InChI is InChI=1S/C16H21N3O2/c20-10-12(19-16(21)15-6-3-7-17-15)8-11-9-18-14-5-2-1-4-13(11)14/h1-2,4-5,9,12,15,17-18,20H,3,6-8,10H2,(H,19,21). The summed E-state index contributed by atoms with van der Waals surface area (Å²) in [6.07, 6.45) is 4.48. The zero-order valence-electron chi connectivity index (χ0n) is 11.9. The van der Waals surface area contributed by atoms with E-state index in [9.17, 15) is 9.90 Å². The molecule has 2 unspecified atom stereocenters. The van der Waals surface area contributed by atoms with Crippen LogP contribution in [0.15, 0.2) is 30.5 Å².